The maximum Gasteiger partial charge on any atom is 0.232 e. The third-order valence-electron chi connectivity index (χ3n) is 2.02. The molecule has 0 amide bonds. The Labute approximate surface area is 100 Å². The number of allylic oxidation sites excluding steroid dienone is 1. The van der Waals surface area contributed by atoms with E-state index in [1.54, 1.807) is 38.1 Å². The highest BCUT2D eigenvalue weighted by Crippen LogP contribution is 2.13. The molecule has 1 aromatic carbocycles. The molecule has 0 aromatic heterocycles. The smallest absolute Gasteiger partial charge is 0.232 e. The number of Topliss-reactive ketones (excluding diaryl/α,β-unsaturated/α-hetero) is 1. The van der Waals surface area contributed by atoms with Crippen LogP contribution in [0.15, 0.2) is 36.2 Å². The fraction of sp³-hybridized carbons (Fsp3) is 0.308. The molecule has 0 N–H and O–H groups in total. The van der Waals surface area contributed by atoms with Gasteiger partial charge in [-0.1, -0.05) is 12.1 Å². The zero-order chi connectivity index (χ0) is 12.8. The molecule has 0 spiro atoms. The Kier molecular flexibility index (Phi) is 4.69. The Morgan fingerprint density at radius 2 is 2.06 bits per heavy atom. The van der Waals surface area contributed by atoms with Crippen LogP contribution in [0, 0.1) is 5.82 Å². The topological polar surface area (TPSA) is 29.5 Å². The van der Waals surface area contributed by atoms with Crippen LogP contribution in [0.3, 0.4) is 0 Å². The van der Waals surface area contributed by atoms with Crippen molar-refractivity contribution in [3.05, 3.63) is 47.6 Å². The third kappa shape index (κ3) is 3.59. The number of benzene rings is 1. The fourth-order valence-electron chi connectivity index (χ4n) is 1.33. The molecule has 0 aliphatic heterocycles. The van der Waals surface area contributed by atoms with Crippen molar-refractivity contribution in [3.8, 4) is 0 Å². The summed E-state index contributed by atoms with van der Waals surface area (Å²) in [6.45, 7) is 2.14. The number of hydrogen-bond acceptors (Lipinski definition) is 3. The first-order valence-electron chi connectivity index (χ1n) is 5.36. The Balaban J connectivity index is 3.05. The highest BCUT2D eigenvalue weighted by molar-refractivity contribution is 6.07. The molecule has 0 aliphatic rings. The number of hydrogen-bond donors (Lipinski definition) is 0. The maximum absolute atomic E-state index is 13.5. The highest BCUT2D eigenvalue weighted by Gasteiger charge is 2.17. The maximum atomic E-state index is 13.5. The summed E-state index contributed by atoms with van der Waals surface area (Å²) >= 11 is 0. The summed E-state index contributed by atoms with van der Waals surface area (Å²) in [6.07, 6.45) is 1.54. The van der Waals surface area contributed by atoms with Gasteiger partial charge >= 0.3 is 0 Å². The largest absolute Gasteiger partial charge is 0.488 e. The number of carbonyl (C=O) groups is 1. The van der Waals surface area contributed by atoms with E-state index in [0.717, 1.165) is 0 Å². The zero-order valence-electron chi connectivity index (χ0n) is 10.2. The Hall–Kier alpha value is -1.84. The van der Waals surface area contributed by atoms with E-state index in [0.29, 0.717) is 6.61 Å². The number of ketones is 1. The summed E-state index contributed by atoms with van der Waals surface area (Å²) in [6, 6.07) is 5.87. The average Bonchev–Trinajstić information content (AvgIpc) is 2.28. The van der Waals surface area contributed by atoms with Gasteiger partial charge < -0.3 is 9.64 Å². The minimum absolute atomic E-state index is 0.0223. The van der Waals surface area contributed by atoms with Crippen molar-refractivity contribution in [2.24, 2.45) is 0 Å². The second-order valence-corrected chi connectivity index (χ2v) is 3.70. The van der Waals surface area contributed by atoms with Crippen molar-refractivity contribution in [2.75, 3.05) is 20.7 Å². The van der Waals surface area contributed by atoms with Crippen molar-refractivity contribution in [3.63, 3.8) is 0 Å². The second-order valence-electron chi connectivity index (χ2n) is 3.70. The zero-order valence-corrected chi connectivity index (χ0v) is 10.2. The first-order chi connectivity index (χ1) is 8.06. The van der Waals surface area contributed by atoms with Gasteiger partial charge in [0.1, 0.15) is 5.82 Å². The quantitative estimate of drug-likeness (QED) is 0.447. The van der Waals surface area contributed by atoms with Crippen LogP contribution in [0.2, 0.25) is 0 Å². The van der Waals surface area contributed by atoms with Crippen LogP contribution < -0.4 is 0 Å². The number of halogens is 1. The van der Waals surface area contributed by atoms with E-state index < -0.39 is 11.6 Å². The number of rotatable bonds is 5. The van der Waals surface area contributed by atoms with Gasteiger partial charge in [-0.3, -0.25) is 4.79 Å². The molecule has 0 atom stereocenters. The molecule has 0 radical (unpaired) electrons. The van der Waals surface area contributed by atoms with Crippen molar-refractivity contribution in [1.29, 1.82) is 0 Å². The first kappa shape index (κ1) is 13.2. The monoisotopic (exact) mass is 237 g/mol. The van der Waals surface area contributed by atoms with E-state index in [2.05, 4.69) is 0 Å². The second kappa shape index (κ2) is 6.03. The summed E-state index contributed by atoms with van der Waals surface area (Å²) in [5, 5.41) is 0. The predicted octanol–water partition coefficient (Wildman–Crippen LogP) is 2.45. The Morgan fingerprint density at radius 3 is 2.59 bits per heavy atom. The number of carbonyl (C=O) groups excluding carboxylic acids is 1. The van der Waals surface area contributed by atoms with Gasteiger partial charge in [-0.25, -0.2) is 4.39 Å². The van der Waals surface area contributed by atoms with Gasteiger partial charge in [0.15, 0.2) is 5.76 Å². The van der Waals surface area contributed by atoms with Crippen molar-refractivity contribution < 1.29 is 13.9 Å². The molecule has 1 rings (SSSR count). The fourth-order valence-corrected chi connectivity index (χ4v) is 1.33. The molecule has 3 nitrogen and oxygen atoms in total. The van der Waals surface area contributed by atoms with Crippen LogP contribution >= 0.6 is 0 Å². The highest BCUT2D eigenvalue weighted by atomic mass is 19.1. The van der Waals surface area contributed by atoms with Crippen LogP contribution in [-0.4, -0.2) is 31.4 Å². The number of nitrogens with zero attached hydrogens (tertiary/aromatic N) is 1. The van der Waals surface area contributed by atoms with E-state index in [-0.39, 0.29) is 11.3 Å². The van der Waals surface area contributed by atoms with Crippen LogP contribution in [0.4, 0.5) is 4.39 Å². The van der Waals surface area contributed by atoms with Crippen molar-refractivity contribution in [1.82, 2.24) is 4.90 Å². The van der Waals surface area contributed by atoms with Crippen molar-refractivity contribution >= 4 is 5.78 Å². The van der Waals surface area contributed by atoms with Gasteiger partial charge in [-0.2, -0.15) is 0 Å². The molecule has 0 fully saturated rings. The van der Waals surface area contributed by atoms with Crippen molar-refractivity contribution in [2.45, 2.75) is 6.92 Å². The SMILES string of the molecule is CCOC(=CN(C)C)C(=O)c1ccccc1F. The molecule has 0 unspecified atom stereocenters. The Morgan fingerprint density at radius 1 is 1.41 bits per heavy atom. The summed E-state index contributed by atoms with van der Waals surface area (Å²) in [5.74, 6) is -0.844. The van der Waals surface area contributed by atoms with Crippen LogP contribution in [0.5, 0.6) is 0 Å². The van der Waals surface area contributed by atoms with E-state index in [1.165, 1.54) is 18.3 Å². The van der Waals surface area contributed by atoms with Gasteiger partial charge in [0.2, 0.25) is 5.78 Å². The molecule has 0 heterocycles. The normalized spacial score (nSPS) is 11.2. The lowest BCUT2D eigenvalue weighted by Gasteiger charge is -2.12. The molecule has 4 heteroatoms. The molecule has 0 saturated heterocycles. The molecular weight excluding hydrogens is 221 g/mol. The average molecular weight is 237 g/mol. The molecule has 0 aliphatic carbocycles. The summed E-state index contributed by atoms with van der Waals surface area (Å²) in [5.41, 5.74) is 0.0223. The molecule has 17 heavy (non-hydrogen) atoms. The Bertz CT molecular complexity index is 427. The lowest BCUT2D eigenvalue weighted by Crippen LogP contribution is -2.13. The van der Waals surface area contributed by atoms with Crippen LogP contribution in [0.25, 0.3) is 0 Å². The minimum Gasteiger partial charge on any atom is -0.488 e. The molecule has 1 aromatic rings. The summed E-state index contributed by atoms with van der Waals surface area (Å²) < 4.78 is 18.7. The van der Waals surface area contributed by atoms with E-state index in [1.807, 2.05) is 0 Å². The van der Waals surface area contributed by atoms with Gasteiger partial charge in [-0.15, -0.1) is 0 Å². The minimum atomic E-state index is -0.540. The van der Waals surface area contributed by atoms with Gasteiger partial charge in [0.05, 0.1) is 12.2 Å². The lowest BCUT2D eigenvalue weighted by molar-refractivity contribution is 0.0916. The summed E-state index contributed by atoms with van der Waals surface area (Å²) in [7, 11) is 3.54. The van der Waals surface area contributed by atoms with Gasteiger partial charge in [0, 0.05) is 20.3 Å². The van der Waals surface area contributed by atoms with E-state index >= 15 is 0 Å². The molecule has 92 valence electrons. The van der Waals surface area contributed by atoms with E-state index in [9.17, 15) is 9.18 Å². The molecular formula is C13H16FNO2. The van der Waals surface area contributed by atoms with Gasteiger partial charge in [-0.05, 0) is 19.1 Å². The van der Waals surface area contributed by atoms with E-state index in [4.69, 9.17) is 4.74 Å². The first-order valence-corrected chi connectivity index (χ1v) is 5.36. The number of ether oxygens (including phenoxy) is 1. The van der Waals surface area contributed by atoms with Crippen LogP contribution in [0.1, 0.15) is 17.3 Å². The predicted molar refractivity (Wildman–Crippen MR) is 64.1 cm³/mol. The standard InChI is InChI=1S/C13H16FNO2/c1-4-17-12(9-15(2)3)13(16)10-7-5-6-8-11(10)14/h5-9H,4H2,1-3H3. The molecule has 0 saturated carbocycles. The summed E-state index contributed by atoms with van der Waals surface area (Å²) in [4.78, 5) is 13.7. The van der Waals surface area contributed by atoms with Crippen LogP contribution in [-0.2, 0) is 4.74 Å². The molecule has 0 bridgehead atoms. The van der Waals surface area contributed by atoms with Gasteiger partial charge in [0.25, 0.3) is 0 Å². The third-order valence-corrected chi connectivity index (χ3v) is 2.02. The lowest BCUT2D eigenvalue weighted by atomic mass is 10.1.